The highest BCUT2D eigenvalue weighted by molar-refractivity contribution is 5.78. The molecule has 0 rings (SSSR count). The first kappa shape index (κ1) is 37.0. The maximum atomic E-state index is 11.8. The molecular formula is C24H47N3O12. The van der Waals surface area contributed by atoms with Gasteiger partial charge in [-0.3, -0.25) is 14.4 Å². The van der Waals surface area contributed by atoms with Gasteiger partial charge in [0.05, 0.1) is 85.7 Å². The number of likely N-dealkylation sites (N-methyl/N-ethyl adjacent to an activating group) is 1. The molecule has 230 valence electrons. The Kier molecular flexibility index (Phi) is 27.6. The Morgan fingerprint density at radius 2 is 1.15 bits per heavy atom. The van der Waals surface area contributed by atoms with Crippen molar-refractivity contribution in [1.29, 1.82) is 0 Å². The maximum Gasteiger partial charge on any atom is 0.305 e. The van der Waals surface area contributed by atoms with Crippen molar-refractivity contribution in [3.05, 3.63) is 0 Å². The number of carbonyl (C=O) groups excluding carboxylic acids is 2. The standard InChI is InChI=1S/C24H47N3O12/c1-25-5-7-33-11-14-36-17-21(39-20-23(29)26-4-3-24(30)31)18-37-15-12-34-8-6-27-22(28)19-38-16-13-35-10-9-32-2/h21,25H,3-20H2,1-2H3,(H,26,29)(H,27,28)(H,30,31). The van der Waals surface area contributed by atoms with E-state index in [-0.39, 0.29) is 51.9 Å². The summed E-state index contributed by atoms with van der Waals surface area (Å²) in [4.78, 5) is 34.1. The number of aliphatic carboxylic acids is 1. The minimum Gasteiger partial charge on any atom is -0.481 e. The van der Waals surface area contributed by atoms with Crippen molar-refractivity contribution in [2.24, 2.45) is 0 Å². The summed E-state index contributed by atoms with van der Waals surface area (Å²) in [7, 11) is 3.43. The van der Waals surface area contributed by atoms with Gasteiger partial charge in [0.2, 0.25) is 11.8 Å². The minimum atomic E-state index is -0.998. The Morgan fingerprint density at radius 1 is 0.641 bits per heavy atom. The van der Waals surface area contributed by atoms with E-state index in [1.165, 1.54) is 0 Å². The summed E-state index contributed by atoms with van der Waals surface area (Å²) in [5.74, 6) is -1.67. The normalized spacial score (nSPS) is 11.8. The molecule has 0 aromatic carbocycles. The molecule has 0 aliphatic rings. The Hall–Kier alpha value is -1.95. The van der Waals surface area contributed by atoms with Gasteiger partial charge in [0.15, 0.2) is 0 Å². The second-order valence-corrected chi connectivity index (χ2v) is 7.91. The highest BCUT2D eigenvalue weighted by Gasteiger charge is 2.13. The molecule has 0 aliphatic carbocycles. The molecule has 0 spiro atoms. The van der Waals surface area contributed by atoms with Gasteiger partial charge in [-0.2, -0.15) is 0 Å². The smallest absolute Gasteiger partial charge is 0.305 e. The maximum absolute atomic E-state index is 11.8. The molecule has 0 saturated heterocycles. The quantitative estimate of drug-likeness (QED) is 0.0701. The lowest BCUT2D eigenvalue weighted by Crippen LogP contribution is -2.34. The lowest BCUT2D eigenvalue weighted by Gasteiger charge is -2.18. The highest BCUT2D eigenvalue weighted by Crippen LogP contribution is 1.97. The number of rotatable bonds is 30. The van der Waals surface area contributed by atoms with E-state index in [9.17, 15) is 14.4 Å². The van der Waals surface area contributed by atoms with E-state index in [0.717, 1.165) is 6.54 Å². The summed E-state index contributed by atoms with van der Waals surface area (Å²) in [6, 6.07) is 0. The van der Waals surface area contributed by atoms with Crippen LogP contribution in [0, 0.1) is 0 Å². The van der Waals surface area contributed by atoms with Crippen LogP contribution < -0.4 is 16.0 Å². The SMILES string of the molecule is CNCCOCCOCC(COCCOCCNC(=O)COCCOCCOC)OCC(=O)NCCC(=O)O. The van der Waals surface area contributed by atoms with Crippen LogP contribution in [0.15, 0.2) is 0 Å². The van der Waals surface area contributed by atoms with Gasteiger partial charge >= 0.3 is 5.97 Å². The minimum absolute atomic E-state index is 0.0221. The molecule has 15 heteroatoms. The molecule has 0 heterocycles. The molecule has 0 aromatic rings. The fourth-order valence-electron chi connectivity index (χ4n) is 2.58. The molecule has 1 atom stereocenters. The zero-order valence-electron chi connectivity index (χ0n) is 23.2. The number of hydrogen-bond donors (Lipinski definition) is 4. The van der Waals surface area contributed by atoms with E-state index >= 15 is 0 Å². The predicted molar refractivity (Wildman–Crippen MR) is 139 cm³/mol. The summed E-state index contributed by atoms with van der Waals surface area (Å²) in [6.45, 7) is 5.07. The molecule has 0 aliphatic heterocycles. The largest absolute Gasteiger partial charge is 0.481 e. The molecule has 39 heavy (non-hydrogen) atoms. The molecule has 0 saturated carbocycles. The van der Waals surface area contributed by atoms with Gasteiger partial charge in [0.25, 0.3) is 0 Å². The van der Waals surface area contributed by atoms with Crippen molar-refractivity contribution in [2.45, 2.75) is 12.5 Å². The van der Waals surface area contributed by atoms with Crippen LogP contribution in [0.3, 0.4) is 0 Å². The molecule has 0 bridgehead atoms. The van der Waals surface area contributed by atoms with E-state index in [1.54, 1.807) is 7.11 Å². The summed E-state index contributed by atoms with van der Waals surface area (Å²) in [5.41, 5.74) is 0. The Bertz CT molecular complexity index is 601. The van der Waals surface area contributed by atoms with Crippen LogP contribution >= 0.6 is 0 Å². The second-order valence-electron chi connectivity index (χ2n) is 7.91. The van der Waals surface area contributed by atoms with Crippen molar-refractivity contribution in [3.8, 4) is 0 Å². The lowest BCUT2D eigenvalue weighted by molar-refractivity contribution is -0.137. The fraction of sp³-hybridized carbons (Fsp3) is 0.875. The highest BCUT2D eigenvalue weighted by atomic mass is 16.6. The van der Waals surface area contributed by atoms with Crippen LogP contribution in [0.1, 0.15) is 6.42 Å². The summed E-state index contributed by atoms with van der Waals surface area (Å²) in [5, 5.41) is 16.8. The lowest BCUT2D eigenvalue weighted by atomic mass is 10.4. The fourth-order valence-corrected chi connectivity index (χ4v) is 2.58. The van der Waals surface area contributed by atoms with Gasteiger partial charge in [-0.15, -0.1) is 0 Å². The van der Waals surface area contributed by atoms with E-state index in [0.29, 0.717) is 66.0 Å². The van der Waals surface area contributed by atoms with Crippen LogP contribution in [0.2, 0.25) is 0 Å². The molecule has 1 unspecified atom stereocenters. The number of carboxylic acids is 1. The number of amides is 2. The zero-order chi connectivity index (χ0) is 28.8. The Balaban J connectivity index is 3.95. The first-order valence-electron chi connectivity index (χ1n) is 13.0. The third-order valence-electron chi connectivity index (χ3n) is 4.56. The number of nitrogens with one attached hydrogen (secondary N) is 3. The zero-order valence-corrected chi connectivity index (χ0v) is 23.2. The van der Waals surface area contributed by atoms with Crippen molar-refractivity contribution in [3.63, 3.8) is 0 Å². The molecule has 15 nitrogen and oxygen atoms in total. The topological polar surface area (TPSA) is 181 Å². The summed E-state index contributed by atoms with van der Waals surface area (Å²) < 4.78 is 42.8. The van der Waals surface area contributed by atoms with Crippen molar-refractivity contribution in [2.75, 3.05) is 126 Å². The number of carboxylic acid groups (broad SMARTS) is 1. The van der Waals surface area contributed by atoms with Crippen LogP contribution in [-0.4, -0.2) is 155 Å². The number of carbonyl (C=O) groups is 3. The third-order valence-corrected chi connectivity index (χ3v) is 4.56. The average Bonchev–Trinajstić information content (AvgIpc) is 2.91. The Morgan fingerprint density at radius 3 is 1.77 bits per heavy atom. The van der Waals surface area contributed by atoms with E-state index < -0.39 is 18.0 Å². The molecule has 0 aromatic heterocycles. The van der Waals surface area contributed by atoms with Crippen molar-refractivity contribution in [1.82, 2.24) is 16.0 Å². The molecule has 0 radical (unpaired) electrons. The van der Waals surface area contributed by atoms with E-state index in [2.05, 4.69) is 16.0 Å². The van der Waals surface area contributed by atoms with Crippen LogP contribution in [0.25, 0.3) is 0 Å². The predicted octanol–water partition coefficient (Wildman–Crippen LogP) is -1.96. The van der Waals surface area contributed by atoms with Crippen LogP contribution in [0.5, 0.6) is 0 Å². The van der Waals surface area contributed by atoms with Gasteiger partial charge < -0.3 is 59.0 Å². The molecule has 0 fully saturated rings. The monoisotopic (exact) mass is 569 g/mol. The summed E-state index contributed by atoms with van der Waals surface area (Å²) >= 11 is 0. The van der Waals surface area contributed by atoms with Crippen molar-refractivity contribution >= 4 is 17.8 Å². The van der Waals surface area contributed by atoms with Gasteiger partial charge in [-0.1, -0.05) is 0 Å². The van der Waals surface area contributed by atoms with Crippen LogP contribution in [-0.2, 0) is 52.3 Å². The number of hydrogen-bond acceptors (Lipinski definition) is 12. The van der Waals surface area contributed by atoms with Crippen molar-refractivity contribution < 1.29 is 57.4 Å². The summed E-state index contributed by atoms with van der Waals surface area (Å²) in [6.07, 6.45) is -0.686. The second kappa shape index (κ2) is 29.0. The van der Waals surface area contributed by atoms with Gasteiger partial charge in [-0.25, -0.2) is 0 Å². The molecular weight excluding hydrogens is 522 g/mol. The van der Waals surface area contributed by atoms with E-state index in [4.69, 9.17) is 43.0 Å². The number of ether oxygens (including phenoxy) is 8. The molecule has 4 N–H and O–H groups in total. The van der Waals surface area contributed by atoms with Gasteiger partial charge in [0.1, 0.15) is 19.3 Å². The third kappa shape index (κ3) is 28.9. The first-order valence-corrected chi connectivity index (χ1v) is 13.0. The number of methoxy groups -OCH3 is 1. The van der Waals surface area contributed by atoms with Gasteiger partial charge in [-0.05, 0) is 7.05 Å². The average molecular weight is 570 g/mol. The first-order chi connectivity index (χ1) is 19.0. The Labute approximate surface area is 230 Å². The van der Waals surface area contributed by atoms with E-state index in [1.807, 2.05) is 7.05 Å². The van der Waals surface area contributed by atoms with Crippen LogP contribution in [0.4, 0.5) is 0 Å². The van der Waals surface area contributed by atoms with Gasteiger partial charge in [0, 0.05) is 26.7 Å². The molecule has 2 amide bonds.